The van der Waals surface area contributed by atoms with Gasteiger partial charge in [-0.25, -0.2) is 14.6 Å². The number of amides is 1. The number of fused-ring (bicyclic) bond motifs is 1. The number of nitrogens with zero attached hydrogens (tertiary/aromatic N) is 6. The fourth-order valence-corrected chi connectivity index (χ4v) is 4.71. The Morgan fingerprint density at radius 1 is 1.05 bits per heavy atom. The molecule has 1 atom stereocenters. The number of benzene rings is 2. The number of para-hydroxylation sites is 1. The van der Waals surface area contributed by atoms with Gasteiger partial charge < -0.3 is 15.4 Å². The van der Waals surface area contributed by atoms with Gasteiger partial charge >= 0.3 is 0 Å². The second-order valence-electron chi connectivity index (χ2n) is 9.41. The summed E-state index contributed by atoms with van der Waals surface area (Å²) in [6, 6.07) is 19.2. The maximum Gasteiger partial charge on any atom is 0.264 e. The second kappa shape index (κ2) is 9.39. The summed E-state index contributed by atoms with van der Waals surface area (Å²) in [4.78, 5) is 23.4. The van der Waals surface area contributed by atoms with Crippen LogP contribution in [0.1, 0.15) is 25.3 Å². The molecular formula is C28H25N7O2. The highest BCUT2D eigenvalue weighted by Crippen LogP contribution is 2.36. The van der Waals surface area contributed by atoms with E-state index < -0.39 is 0 Å². The lowest BCUT2D eigenvalue weighted by Crippen LogP contribution is -2.30. The molecule has 1 aliphatic heterocycles. The Morgan fingerprint density at radius 3 is 2.54 bits per heavy atom. The number of nitrogen functional groups attached to an aromatic ring is 1. The predicted octanol–water partition coefficient (Wildman–Crippen LogP) is 4.50. The van der Waals surface area contributed by atoms with Gasteiger partial charge in [0.15, 0.2) is 5.65 Å². The van der Waals surface area contributed by atoms with Gasteiger partial charge in [0.05, 0.1) is 11.4 Å². The van der Waals surface area contributed by atoms with Crippen LogP contribution < -0.4 is 10.5 Å². The molecule has 2 N–H and O–H groups in total. The second-order valence-corrected chi connectivity index (χ2v) is 9.41. The topological polar surface area (TPSA) is 123 Å². The number of aromatic nitrogens is 4. The highest BCUT2D eigenvalue weighted by atomic mass is 16.5. The monoisotopic (exact) mass is 491 g/mol. The van der Waals surface area contributed by atoms with Crippen LogP contribution >= 0.6 is 0 Å². The maximum atomic E-state index is 13.0. The number of carbonyl (C=O) groups is 1. The van der Waals surface area contributed by atoms with E-state index in [-0.39, 0.29) is 17.5 Å². The normalized spacial score (nSPS) is 17.6. The molecule has 0 bridgehead atoms. The van der Waals surface area contributed by atoms with Crippen LogP contribution in [0.5, 0.6) is 11.5 Å². The van der Waals surface area contributed by atoms with Crippen molar-refractivity contribution in [3.8, 4) is 28.8 Å². The number of hydrogen-bond acceptors (Lipinski definition) is 7. The molecule has 1 aliphatic carbocycles. The first-order valence-electron chi connectivity index (χ1n) is 12.3. The molecule has 1 amide bonds. The molecule has 2 aromatic heterocycles. The number of allylic oxidation sites excluding steroid dienone is 1. The van der Waals surface area contributed by atoms with E-state index in [0.717, 1.165) is 24.2 Å². The van der Waals surface area contributed by atoms with Crippen molar-refractivity contribution in [3.05, 3.63) is 72.6 Å². The molecule has 0 radical (unpaired) electrons. The van der Waals surface area contributed by atoms with Crippen LogP contribution in [-0.4, -0.2) is 43.6 Å². The third-order valence-electron chi connectivity index (χ3n) is 6.80. The van der Waals surface area contributed by atoms with Crippen LogP contribution in [0, 0.1) is 17.2 Å². The Labute approximate surface area is 213 Å². The third kappa shape index (κ3) is 4.49. The first-order chi connectivity index (χ1) is 18.1. The summed E-state index contributed by atoms with van der Waals surface area (Å²) in [6.07, 6.45) is 6.04. The lowest BCUT2D eigenvalue weighted by Gasteiger charge is -2.16. The number of hydrogen-bond donors (Lipinski definition) is 1. The zero-order valence-corrected chi connectivity index (χ0v) is 20.1. The van der Waals surface area contributed by atoms with E-state index in [4.69, 9.17) is 15.6 Å². The minimum Gasteiger partial charge on any atom is -0.457 e. The number of nitriles is 1. The Bertz CT molecular complexity index is 1530. The molecule has 3 heterocycles. The smallest absolute Gasteiger partial charge is 0.264 e. The fourth-order valence-electron chi connectivity index (χ4n) is 4.71. The first kappa shape index (κ1) is 22.7. The Kier molecular flexibility index (Phi) is 5.77. The quantitative estimate of drug-likeness (QED) is 0.311. The lowest BCUT2D eigenvalue weighted by molar-refractivity contribution is -0.125. The summed E-state index contributed by atoms with van der Waals surface area (Å²) < 4.78 is 7.77. The fraction of sp³-hybridized carbons (Fsp3) is 0.250. The molecule has 1 unspecified atom stereocenters. The van der Waals surface area contributed by atoms with Crippen LogP contribution in [0.15, 0.2) is 72.6 Å². The average molecular weight is 492 g/mol. The molecule has 37 heavy (non-hydrogen) atoms. The van der Waals surface area contributed by atoms with E-state index >= 15 is 0 Å². The molecule has 0 spiro atoms. The van der Waals surface area contributed by atoms with Crippen LogP contribution in [0.3, 0.4) is 0 Å². The molecule has 6 rings (SSSR count). The minimum absolute atomic E-state index is 0.0870. The van der Waals surface area contributed by atoms with Gasteiger partial charge in [-0.3, -0.25) is 4.79 Å². The van der Waals surface area contributed by atoms with Crippen molar-refractivity contribution in [1.29, 1.82) is 5.26 Å². The van der Waals surface area contributed by atoms with Crippen LogP contribution in [0.2, 0.25) is 0 Å². The van der Waals surface area contributed by atoms with E-state index in [1.807, 2.05) is 65.4 Å². The summed E-state index contributed by atoms with van der Waals surface area (Å²) in [5.41, 5.74) is 8.68. The van der Waals surface area contributed by atoms with E-state index in [1.165, 1.54) is 6.33 Å². The van der Waals surface area contributed by atoms with Crippen LogP contribution in [0.4, 0.5) is 5.82 Å². The number of nitrogens with two attached hydrogens (primary N) is 1. The molecule has 2 aromatic carbocycles. The van der Waals surface area contributed by atoms with Crippen molar-refractivity contribution >= 4 is 22.8 Å². The highest BCUT2D eigenvalue weighted by molar-refractivity contribution is 5.99. The molecule has 4 aromatic rings. The van der Waals surface area contributed by atoms with E-state index in [1.54, 1.807) is 4.90 Å². The number of carbonyl (C=O) groups excluding carboxylic acids is 1. The van der Waals surface area contributed by atoms with Crippen molar-refractivity contribution in [3.63, 3.8) is 0 Å². The van der Waals surface area contributed by atoms with Gasteiger partial charge in [0, 0.05) is 18.7 Å². The Hall–Kier alpha value is -4.71. The summed E-state index contributed by atoms with van der Waals surface area (Å²) >= 11 is 0. The van der Waals surface area contributed by atoms with Crippen molar-refractivity contribution in [2.45, 2.75) is 25.3 Å². The largest absolute Gasteiger partial charge is 0.457 e. The van der Waals surface area contributed by atoms with Crippen LogP contribution in [-0.2, 0) is 4.79 Å². The summed E-state index contributed by atoms with van der Waals surface area (Å²) in [7, 11) is 0. The molecule has 2 aliphatic rings. The van der Waals surface area contributed by atoms with Gasteiger partial charge in [0.25, 0.3) is 5.91 Å². The number of likely N-dealkylation sites (tertiary alicyclic amines) is 1. The molecule has 1 saturated heterocycles. The van der Waals surface area contributed by atoms with Crippen molar-refractivity contribution < 1.29 is 9.53 Å². The van der Waals surface area contributed by atoms with Gasteiger partial charge in [0.1, 0.15) is 41.0 Å². The third-order valence-corrected chi connectivity index (χ3v) is 6.80. The molecule has 184 valence electrons. The molecular weight excluding hydrogens is 466 g/mol. The molecule has 9 heteroatoms. The van der Waals surface area contributed by atoms with E-state index in [0.29, 0.717) is 53.7 Å². The Balaban J connectivity index is 1.28. The maximum absolute atomic E-state index is 13.0. The molecule has 9 nitrogen and oxygen atoms in total. The Morgan fingerprint density at radius 2 is 1.81 bits per heavy atom. The molecule has 1 saturated carbocycles. The van der Waals surface area contributed by atoms with Crippen molar-refractivity contribution in [2.24, 2.45) is 5.92 Å². The predicted molar refractivity (Wildman–Crippen MR) is 138 cm³/mol. The van der Waals surface area contributed by atoms with Crippen molar-refractivity contribution in [2.75, 3.05) is 18.8 Å². The zero-order chi connectivity index (χ0) is 25.4. The summed E-state index contributed by atoms with van der Waals surface area (Å²) in [5.74, 6) is 1.96. The van der Waals surface area contributed by atoms with Crippen molar-refractivity contribution in [1.82, 2.24) is 24.6 Å². The van der Waals surface area contributed by atoms with Gasteiger partial charge in [0.2, 0.25) is 0 Å². The number of ether oxygens (including phenoxy) is 1. The average Bonchev–Trinajstić information content (AvgIpc) is 3.46. The highest BCUT2D eigenvalue weighted by Gasteiger charge is 2.33. The van der Waals surface area contributed by atoms with E-state index in [9.17, 15) is 10.1 Å². The number of anilines is 1. The number of rotatable bonds is 6. The van der Waals surface area contributed by atoms with E-state index in [2.05, 4.69) is 16.0 Å². The van der Waals surface area contributed by atoms with Gasteiger partial charge in [-0.1, -0.05) is 24.3 Å². The van der Waals surface area contributed by atoms with Crippen LogP contribution in [0.25, 0.3) is 22.3 Å². The first-order valence-corrected chi connectivity index (χ1v) is 12.3. The van der Waals surface area contributed by atoms with Gasteiger partial charge in [-0.2, -0.15) is 10.4 Å². The SMILES string of the molecule is N#C/C(=C\C1CC1)C(=O)N1CCC(n2nc(-c3ccc(Oc4ccccc4)cc3)c3c(N)ncnc32)C1. The zero-order valence-electron chi connectivity index (χ0n) is 20.1. The standard InChI is InChI=1S/C28H25N7O2/c29-15-20(14-18-6-7-18)28(36)34-13-12-21(16-34)35-27-24(26(30)31-17-32-27)25(33-35)19-8-10-23(11-9-19)37-22-4-2-1-3-5-22/h1-5,8-11,14,17-18,21H,6-7,12-13,16H2,(H2,30,31,32)/b20-14+. The molecule has 2 fully saturated rings. The van der Waals surface area contributed by atoms with Gasteiger partial charge in [-0.05, 0) is 61.6 Å². The minimum atomic E-state index is -0.211. The van der Waals surface area contributed by atoms with Gasteiger partial charge in [-0.15, -0.1) is 0 Å². The summed E-state index contributed by atoms with van der Waals surface area (Å²) in [5, 5.41) is 15.1. The summed E-state index contributed by atoms with van der Waals surface area (Å²) in [6.45, 7) is 1.00. The lowest BCUT2D eigenvalue weighted by atomic mass is 10.1.